The number of carbonyl (C=O) groups excluding carboxylic acids is 1. The van der Waals surface area contributed by atoms with Crippen LogP contribution >= 0.6 is 11.8 Å². The van der Waals surface area contributed by atoms with Crippen molar-refractivity contribution in [2.45, 2.75) is 11.7 Å². The third kappa shape index (κ3) is 3.57. The maximum atomic E-state index is 12.1. The highest BCUT2D eigenvalue weighted by molar-refractivity contribution is 8.15. The number of hydrogen-bond donors (Lipinski definition) is 1. The molecule has 1 saturated heterocycles. The Morgan fingerprint density at radius 3 is 2.57 bits per heavy atom. The summed E-state index contributed by atoms with van der Waals surface area (Å²) in [6.45, 7) is 0. The summed E-state index contributed by atoms with van der Waals surface area (Å²) in [7, 11) is 0. The van der Waals surface area contributed by atoms with Gasteiger partial charge < -0.3 is 5.32 Å². The fourth-order valence-corrected chi connectivity index (χ4v) is 3.29. The molecule has 3 rings (SSSR count). The van der Waals surface area contributed by atoms with Gasteiger partial charge in [0.05, 0.1) is 15.9 Å². The number of amides is 1. The zero-order valence-electron chi connectivity index (χ0n) is 12.0. The summed E-state index contributed by atoms with van der Waals surface area (Å²) < 4.78 is 0. The predicted molar refractivity (Wildman–Crippen MR) is 89.9 cm³/mol. The van der Waals surface area contributed by atoms with E-state index < -0.39 is 10.2 Å². The highest BCUT2D eigenvalue weighted by atomic mass is 32.2. The van der Waals surface area contributed by atoms with Gasteiger partial charge in [0.2, 0.25) is 5.91 Å². The normalized spacial score (nSPS) is 18.9. The molecule has 1 atom stereocenters. The molecule has 1 aliphatic heterocycles. The lowest BCUT2D eigenvalue weighted by atomic mass is 10.1. The first-order valence-corrected chi connectivity index (χ1v) is 7.85. The molecule has 1 amide bonds. The van der Waals surface area contributed by atoms with Crippen molar-refractivity contribution in [2.75, 3.05) is 0 Å². The van der Waals surface area contributed by atoms with Crippen LogP contribution in [0, 0.1) is 10.1 Å². The second-order valence-electron chi connectivity index (χ2n) is 4.94. The van der Waals surface area contributed by atoms with E-state index in [9.17, 15) is 14.9 Å². The first kappa shape index (κ1) is 15.2. The molecule has 1 heterocycles. The van der Waals surface area contributed by atoms with Gasteiger partial charge >= 0.3 is 0 Å². The van der Waals surface area contributed by atoms with Crippen molar-refractivity contribution in [3.63, 3.8) is 0 Å². The van der Waals surface area contributed by atoms with Crippen LogP contribution in [0.4, 0.5) is 11.4 Å². The van der Waals surface area contributed by atoms with Crippen LogP contribution in [0.5, 0.6) is 0 Å². The van der Waals surface area contributed by atoms with Crippen LogP contribution in [0.25, 0.3) is 0 Å². The summed E-state index contributed by atoms with van der Waals surface area (Å²) in [6, 6.07) is 15.8. The average molecular weight is 327 g/mol. The Morgan fingerprint density at radius 2 is 1.83 bits per heavy atom. The number of para-hydroxylation sites is 2. The van der Waals surface area contributed by atoms with Crippen LogP contribution in [0.2, 0.25) is 0 Å². The van der Waals surface area contributed by atoms with Gasteiger partial charge in [-0.2, -0.15) is 0 Å². The van der Waals surface area contributed by atoms with Crippen LogP contribution in [0.3, 0.4) is 0 Å². The monoisotopic (exact) mass is 327 g/mol. The van der Waals surface area contributed by atoms with Gasteiger partial charge in [-0.05, 0) is 12.1 Å². The molecule has 0 spiro atoms. The highest BCUT2D eigenvalue weighted by Gasteiger charge is 2.32. The van der Waals surface area contributed by atoms with Crippen molar-refractivity contribution >= 4 is 34.2 Å². The quantitative estimate of drug-likeness (QED) is 0.691. The minimum atomic E-state index is -0.425. The molecule has 6 nitrogen and oxygen atoms in total. The zero-order chi connectivity index (χ0) is 16.2. The summed E-state index contributed by atoms with van der Waals surface area (Å²) in [4.78, 5) is 27.1. The molecule has 1 fully saturated rings. The maximum Gasteiger partial charge on any atom is 0.272 e. The van der Waals surface area contributed by atoms with Crippen LogP contribution in [-0.4, -0.2) is 21.2 Å². The van der Waals surface area contributed by atoms with Gasteiger partial charge in [-0.3, -0.25) is 14.9 Å². The molecule has 1 unspecified atom stereocenters. The Morgan fingerprint density at radius 1 is 1.13 bits per heavy atom. The van der Waals surface area contributed by atoms with Crippen molar-refractivity contribution in [1.29, 1.82) is 0 Å². The molecular formula is C16H13N3O3S. The van der Waals surface area contributed by atoms with Crippen LogP contribution < -0.4 is 5.32 Å². The second kappa shape index (κ2) is 6.62. The molecule has 1 aliphatic rings. The molecule has 7 heteroatoms. The molecule has 0 aromatic heterocycles. The number of nitro groups is 1. The smallest absolute Gasteiger partial charge is 0.272 e. The molecule has 0 bridgehead atoms. The molecule has 2 aromatic rings. The number of hydrogen-bond acceptors (Lipinski definition) is 5. The van der Waals surface area contributed by atoms with Crippen molar-refractivity contribution in [3.05, 3.63) is 70.3 Å². The first-order chi connectivity index (χ1) is 11.1. The van der Waals surface area contributed by atoms with E-state index in [2.05, 4.69) is 10.3 Å². The molecule has 23 heavy (non-hydrogen) atoms. The molecule has 2 aromatic carbocycles. The molecule has 0 aliphatic carbocycles. The first-order valence-electron chi connectivity index (χ1n) is 6.97. The van der Waals surface area contributed by atoms with Crippen LogP contribution in [0.1, 0.15) is 5.56 Å². The van der Waals surface area contributed by atoms with E-state index in [0.717, 1.165) is 5.69 Å². The minimum Gasteiger partial charge on any atom is -0.304 e. The lowest BCUT2D eigenvalue weighted by Crippen LogP contribution is -2.26. The summed E-state index contributed by atoms with van der Waals surface area (Å²) in [5.41, 5.74) is 1.34. The SMILES string of the molecule is O=C1NC(=Nc2ccccc2)SC1Cc1ccccc1[N+](=O)[O-]. The Balaban J connectivity index is 1.77. The van der Waals surface area contributed by atoms with E-state index in [1.54, 1.807) is 18.2 Å². The van der Waals surface area contributed by atoms with Gasteiger partial charge in [-0.15, -0.1) is 0 Å². The largest absolute Gasteiger partial charge is 0.304 e. The zero-order valence-corrected chi connectivity index (χ0v) is 12.8. The lowest BCUT2D eigenvalue weighted by molar-refractivity contribution is -0.385. The van der Waals surface area contributed by atoms with E-state index in [1.165, 1.54) is 17.8 Å². The van der Waals surface area contributed by atoms with Gasteiger partial charge in [-0.1, -0.05) is 48.2 Å². The number of benzene rings is 2. The van der Waals surface area contributed by atoms with Gasteiger partial charge in [0.25, 0.3) is 5.69 Å². The van der Waals surface area contributed by atoms with Gasteiger partial charge in [0.1, 0.15) is 0 Å². The Labute approximate surface area is 136 Å². The maximum absolute atomic E-state index is 12.1. The van der Waals surface area contributed by atoms with Crippen molar-refractivity contribution < 1.29 is 9.72 Å². The summed E-state index contributed by atoms with van der Waals surface area (Å²) >= 11 is 1.30. The standard InChI is InChI=1S/C16H13N3O3S/c20-15-14(10-11-6-4-5-9-13(11)19(21)22)23-16(18-15)17-12-7-2-1-3-8-12/h1-9,14H,10H2,(H,17,18,20). The number of nitrogens with one attached hydrogen (secondary N) is 1. The average Bonchev–Trinajstić information content (AvgIpc) is 2.88. The summed E-state index contributed by atoms with van der Waals surface area (Å²) in [6.07, 6.45) is 0.293. The van der Waals surface area contributed by atoms with E-state index in [4.69, 9.17) is 0 Å². The number of amidine groups is 1. The minimum absolute atomic E-state index is 0.0364. The third-order valence-electron chi connectivity index (χ3n) is 3.36. The van der Waals surface area contributed by atoms with Crippen LogP contribution in [0.15, 0.2) is 59.6 Å². The van der Waals surface area contributed by atoms with Crippen LogP contribution in [-0.2, 0) is 11.2 Å². The van der Waals surface area contributed by atoms with Crippen molar-refractivity contribution in [1.82, 2.24) is 5.32 Å². The third-order valence-corrected chi connectivity index (χ3v) is 4.44. The van der Waals surface area contributed by atoms with Gasteiger partial charge in [0.15, 0.2) is 5.17 Å². The number of carbonyl (C=O) groups is 1. The summed E-state index contributed by atoms with van der Waals surface area (Å²) in [5, 5.41) is 13.9. The lowest BCUT2D eigenvalue weighted by Gasteiger charge is -2.05. The van der Waals surface area contributed by atoms with E-state index in [0.29, 0.717) is 17.2 Å². The number of thioether (sulfide) groups is 1. The molecule has 1 N–H and O–H groups in total. The molecule has 0 radical (unpaired) electrons. The molecule has 0 saturated carbocycles. The van der Waals surface area contributed by atoms with E-state index >= 15 is 0 Å². The highest BCUT2D eigenvalue weighted by Crippen LogP contribution is 2.28. The Hall–Kier alpha value is -2.67. The molecule has 116 valence electrons. The topological polar surface area (TPSA) is 84.6 Å². The Bertz CT molecular complexity index is 777. The second-order valence-corrected chi connectivity index (χ2v) is 6.13. The Kier molecular flexibility index (Phi) is 4.38. The number of aliphatic imine (C=N–C) groups is 1. The number of nitro benzene ring substituents is 1. The van der Waals surface area contributed by atoms with Crippen molar-refractivity contribution in [2.24, 2.45) is 4.99 Å². The fraction of sp³-hybridized carbons (Fsp3) is 0.125. The summed E-state index contributed by atoms with van der Waals surface area (Å²) in [5.74, 6) is -0.178. The van der Waals surface area contributed by atoms with Gasteiger partial charge in [0, 0.05) is 18.1 Å². The number of nitrogens with zero attached hydrogens (tertiary/aromatic N) is 2. The van der Waals surface area contributed by atoms with E-state index in [-0.39, 0.29) is 11.6 Å². The molecular weight excluding hydrogens is 314 g/mol. The van der Waals surface area contributed by atoms with E-state index in [1.807, 2.05) is 30.3 Å². The predicted octanol–water partition coefficient (Wildman–Crippen LogP) is 3.06. The fourth-order valence-electron chi connectivity index (χ4n) is 2.27. The number of rotatable bonds is 4. The van der Waals surface area contributed by atoms with Crippen molar-refractivity contribution in [3.8, 4) is 0 Å². The van der Waals surface area contributed by atoms with Gasteiger partial charge in [-0.25, -0.2) is 4.99 Å².